The van der Waals surface area contributed by atoms with Crippen LogP contribution in [0.25, 0.3) is 11.3 Å². The van der Waals surface area contributed by atoms with E-state index in [1.54, 1.807) is 16.8 Å². The highest BCUT2D eigenvalue weighted by Gasteiger charge is 2.22. The Balaban J connectivity index is 1.77. The molecule has 0 bridgehead atoms. The van der Waals surface area contributed by atoms with E-state index in [2.05, 4.69) is 14.8 Å². The topological polar surface area (TPSA) is 100 Å². The molecule has 4 rings (SSSR count). The van der Waals surface area contributed by atoms with Crippen molar-refractivity contribution in [2.24, 2.45) is 10.1 Å². The van der Waals surface area contributed by atoms with E-state index in [4.69, 9.17) is 9.47 Å². The summed E-state index contributed by atoms with van der Waals surface area (Å²) in [6.45, 7) is 0.888. The van der Waals surface area contributed by atoms with Gasteiger partial charge in [-0.3, -0.25) is 15.1 Å². The monoisotopic (exact) mass is 476 g/mol. The normalized spacial score (nSPS) is 13.5. The molecule has 1 aliphatic rings. The summed E-state index contributed by atoms with van der Waals surface area (Å²) in [4.78, 5) is 16.1. The number of rotatable bonds is 7. The lowest BCUT2D eigenvalue weighted by atomic mass is 10.1. The molecule has 2 aromatic carbocycles. The molecule has 0 unspecified atom stereocenters. The molecular weight excluding hydrogens is 458 g/mol. The second kappa shape index (κ2) is 9.36. The van der Waals surface area contributed by atoms with Gasteiger partial charge in [0.1, 0.15) is 5.75 Å². The molecule has 0 spiro atoms. The predicted octanol–water partition coefficient (Wildman–Crippen LogP) is 4.65. The first-order valence-corrected chi connectivity index (χ1v) is 10.6. The SMILES string of the molecule is CC(C)N=c1scc(-c2ccc(OC(F)F)cc2)n1/N=C\c1cc2c(cc1[N+](=O)[O-])OCO2. The molecule has 0 aliphatic carbocycles. The minimum Gasteiger partial charge on any atom is -0.454 e. The van der Waals surface area contributed by atoms with Crippen molar-refractivity contribution in [3.63, 3.8) is 0 Å². The molecule has 2 heterocycles. The van der Waals surface area contributed by atoms with Crippen LogP contribution < -0.4 is 19.0 Å². The number of hydrogen-bond donors (Lipinski definition) is 0. The van der Waals surface area contributed by atoms with E-state index < -0.39 is 11.5 Å². The van der Waals surface area contributed by atoms with E-state index in [0.717, 1.165) is 0 Å². The Morgan fingerprint density at radius 2 is 1.91 bits per heavy atom. The van der Waals surface area contributed by atoms with Gasteiger partial charge in [0.15, 0.2) is 11.5 Å². The number of aromatic nitrogens is 1. The van der Waals surface area contributed by atoms with Crippen LogP contribution in [-0.2, 0) is 0 Å². The molecule has 0 N–H and O–H groups in total. The lowest BCUT2D eigenvalue weighted by Crippen LogP contribution is -2.14. The van der Waals surface area contributed by atoms with Crippen LogP contribution in [0.3, 0.4) is 0 Å². The van der Waals surface area contributed by atoms with E-state index in [1.807, 2.05) is 19.2 Å². The molecular formula is C21H18F2N4O5S. The number of nitro benzene ring substituents is 1. The summed E-state index contributed by atoms with van der Waals surface area (Å²) >= 11 is 1.33. The third kappa shape index (κ3) is 5.00. The van der Waals surface area contributed by atoms with E-state index in [1.165, 1.54) is 41.8 Å². The molecule has 1 aliphatic heterocycles. The van der Waals surface area contributed by atoms with Crippen molar-refractivity contribution in [3.8, 4) is 28.5 Å². The maximum Gasteiger partial charge on any atom is 0.387 e. The summed E-state index contributed by atoms with van der Waals surface area (Å²) in [6.07, 6.45) is 1.35. The molecule has 33 heavy (non-hydrogen) atoms. The minimum absolute atomic E-state index is 0.0147. The van der Waals surface area contributed by atoms with Crippen LogP contribution in [0.15, 0.2) is 51.9 Å². The summed E-state index contributed by atoms with van der Waals surface area (Å²) in [6, 6.07) is 8.85. The molecule has 172 valence electrons. The number of ether oxygens (including phenoxy) is 3. The molecule has 1 aromatic heterocycles. The molecule has 0 saturated carbocycles. The van der Waals surface area contributed by atoms with Gasteiger partial charge in [-0.25, -0.2) is 4.68 Å². The van der Waals surface area contributed by atoms with Crippen molar-refractivity contribution >= 4 is 23.2 Å². The molecule has 0 fully saturated rings. The first-order chi connectivity index (χ1) is 15.8. The number of halogens is 2. The van der Waals surface area contributed by atoms with Crippen LogP contribution in [0.5, 0.6) is 17.2 Å². The summed E-state index contributed by atoms with van der Waals surface area (Å²) in [5.74, 6) is 0.714. The molecule has 12 heteroatoms. The molecule has 3 aromatic rings. The lowest BCUT2D eigenvalue weighted by molar-refractivity contribution is -0.385. The Morgan fingerprint density at radius 3 is 2.55 bits per heavy atom. The summed E-state index contributed by atoms with van der Waals surface area (Å²) in [7, 11) is 0. The fraction of sp³-hybridized carbons (Fsp3) is 0.238. The maximum absolute atomic E-state index is 12.4. The van der Waals surface area contributed by atoms with Gasteiger partial charge in [0.05, 0.1) is 28.5 Å². The van der Waals surface area contributed by atoms with E-state index in [0.29, 0.717) is 27.6 Å². The van der Waals surface area contributed by atoms with Crippen molar-refractivity contribution < 1.29 is 27.9 Å². The first kappa shape index (κ1) is 22.4. The largest absolute Gasteiger partial charge is 0.454 e. The third-order valence-electron chi connectivity index (χ3n) is 4.46. The van der Waals surface area contributed by atoms with Gasteiger partial charge in [-0.1, -0.05) is 0 Å². The van der Waals surface area contributed by atoms with Gasteiger partial charge < -0.3 is 14.2 Å². The second-order valence-electron chi connectivity index (χ2n) is 7.11. The van der Waals surface area contributed by atoms with Gasteiger partial charge in [-0.15, -0.1) is 11.3 Å². The Labute approximate surface area is 190 Å². The van der Waals surface area contributed by atoms with Crippen LogP contribution in [0.2, 0.25) is 0 Å². The molecule has 0 atom stereocenters. The highest BCUT2D eigenvalue weighted by Crippen LogP contribution is 2.37. The van der Waals surface area contributed by atoms with Crippen LogP contribution in [0, 0.1) is 10.1 Å². The summed E-state index contributed by atoms with van der Waals surface area (Å²) in [5.41, 5.74) is 1.35. The smallest absolute Gasteiger partial charge is 0.387 e. The van der Waals surface area contributed by atoms with Crippen LogP contribution >= 0.6 is 11.3 Å². The average Bonchev–Trinajstić information content (AvgIpc) is 3.37. The third-order valence-corrected chi connectivity index (χ3v) is 5.29. The molecule has 0 amide bonds. The summed E-state index contributed by atoms with van der Waals surface area (Å²) in [5, 5.41) is 17.8. The molecule has 0 radical (unpaired) electrons. The highest BCUT2D eigenvalue weighted by atomic mass is 32.1. The maximum atomic E-state index is 12.4. The van der Waals surface area contributed by atoms with Crippen LogP contribution in [-0.4, -0.2) is 35.3 Å². The van der Waals surface area contributed by atoms with Crippen molar-refractivity contribution in [1.82, 2.24) is 4.68 Å². The zero-order valence-electron chi connectivity index (χ0n) is 17.5. The Hall–Kier alpha value is -3.80. The van der Waals surface area contributed by atoms with Crippen molar-refractivity contribution in [3.05, 3.63) is 62.3 Å². The lowest BCUT2D eigenvalue weighted by Gasteiger charge is -2.07. The zero-order valence-corrected chi connectivity index (χ0v) is 18.3. The van der Waals surface area contributed by atoms with Crippen LogP contribution in [0.1, 0.15) is 19.4 Å². The molecule has 9 nitrogen and oxygen atoms in total. The van der Waals surface area contributed by atoms with Gasteiger partial charge >= 0.3 is 6.61 Å². The van der Waals surface area contributed by atoms with E-state index in [9.17, 15) is 18.9 Å². The fourth-order valence-corrected chi connectivity index (χ4v) is 4.02. The standard InChI is InChI=1S/C21H18F2N4O5S/c1-12(2)25-21-26(17(10-33-21)13-3-5-15(6-4-13)32-20(22)23)24-9-14-7-18-19(31-11-30-18)8-16(14)27(28)29/h3-10,12,20H,11H2,1-2H3/b24-9-,25-21?. The number of thiazole rings is 1. The van der Waals surface area contributed by atoms with Crippen LogP contribution in [0.4, 0.5) is 14.5 Å². The molecule has 0 saturated heterocycles. The predicted molar refractivity (Wildman–Crippen MR) is 117 cm³/mol. The minimum atomic E-state index is -2.92. The van der Waals surface area contributed by atoms with Gasteiger partial charge in [-0.05, 0) is 44.2 Å². The number of fused-ring (bicyclic) bond motifs is 1. The fourth-order valence-electron chi connectivity index (χ4n) is 3.05. The van der Waals surface area contributed by atoms with Crippen molar-refractivity contribution in [1.29, 1.82) is 0 Å². The zero-order chi connectivity index (χ0) is 23.5. The average molecular weight is 476 g/mol. The van der Waals surface area contributed by atoms with Crippen molar-refractivity contribution in [2.45, 2.75) is 26.5 Å². The van der Waals surface area contributed by atoms with E-state index >= 15 is 0 Å². The van der Waals surface area contributed by atoms with Gasteiger partial charge in [0.25, 0.3) is 5.69 Å². The number of hydrogen-bond acceptors (Lipinski definition) is 8. The van der Waals surface area contributed by atoms with E-state index in [-0.39, 0.29) is 29.8 Å². The van der Waals surface area contributed by atoms with Gasteiger partial charge in [0, 0.05) is 17.0 Å². The quantitative estimate of drug-likeness (QED) is 0.281. The Bertz CT molecular complexity index is 1270. The number of benzene rings is 2. The number of nitrogens with zero attached hydrogens (tertiary/aromatic N) is 4. The van der Waals surface area contributed by atoms with Gasteiger partial charge in [-0.2, -0.15) is 13.9 Å². The van der Waals surface area contributed by atoms with Crippen molar-refractivity contribution in [2.75, 3.05) is 6.79 Å². The Morgan fingerprint density at radius 1 is 1.21 bits per heavy atom. The van der Waals surface area contributed by atoms with Gasteiger partial charge in [0.2, 0.25) is 11.6 Å². The number of nitro groups is 1. The Kier molecular flexibility index (Phi) is 6.36. The highest BCUT2D eigenvalue weighted by molar-refractivity contribution is 7.07. The number of alkyl halides is 2. The summed E-state index contributed by atoms with van der Waals surface area (Å²) < 4.78 is 41.4. The first-order valence-electron chi connectivity index (χ1n) is 9.74. The second-order valence-corrected chi connectivity index (χ2v) is 7.94.